The Morgan fingerprint density at radius 3 is 2.70 bits per heavy atom. The van der Waals surface area contributed by atoms with Crippen LogP contribution in [0.3, 0.4) is 0 Å². The van der Waals surface area contributed by atoms with Gasteiger partial charge in [-0.05, 0) is 37.8 Å². The van der Waals surface area contributed by atoms with Crippen LogP contribution in [0.25, 0.3) is 0 Å². The zero-order valence-electron chi connectivity index (χ0n) is 15.3. The third-order valence-corrected chi connectivity index (χ3v) is 5.97. The van der Waals surface area contributed by atoms with Crippen LogP contribution in [0.2, 0.25) is 0 Å². The summed E-state index contributed by atoms with van der Waals surface area (Å²) in [6.07, 6.45) is 5.34. The summed E-state index contributed by atoms with van der Waals surface area (Å²) >= 11 is 1.43. The summed E-state index contributed by atoms with van der Waals surface area (Å²) < 4.78 is 0. The number of nitrogens with one attached hydrogen (secondary N) is 1. The first-order chi connectivity index (χ1) is 13.2. The molecule has 2 aromatic rings. The summed E-state index contributed by atoms with van der Waals surface area (Å²) in [6, 6.07) is 7.99. The number of aromatic nitrogens is 1. The van der Waals surface area contributed by atoms with Gasteiger partial charge in [-0.3, -0.25) is 14.5 Å². The fourth-order valence-electron chi connectivity index (χ4n) is 3.70. The van der Waals surface area contributed by atoms with Crippen molar-refractivity contribution in [1.29, 1.82) is 0 Å². The molecule has 27 heavy (non-hydrogen) atoms. The molecule has 1 N–H and O–H groups in total. The average Bonchev–Trinajstić information content (AvgIpc) is 3.31. The first kappa shape index (κ1) is 18.0. The zero-order chi connectivity index (χ0) is 18.6. The van der Waals surface area contributed by atoms with Crippen LogP contribution >= 0.6 is 11.3 Å². The fraction of sp³-hybridized carbons (Fsp3) is 0.450. The minimum Gasteiger partial charge on any atom is -0.370 e. The highest BCUT2D eigenvalue weighted by atomic mass is 32.1. The van der Waals surface area contributed by atoms with E-state index < -0.39 is 0 Å². The van der Waals surface area contributed by atoms with Gasteiger partial charge >= 0.3 is 0 Å². The monoisotopic (exact) mass is 384 g/mol. The molecular formula is C20H24N4O2S. The van der Waals surface area contributed by atoms with Crippen molar-refractivity contribution >= 4 is 39.7 Å². The highest BCUT2D eigenvalue weighted by Gasteiger charge is 2.24. The van der Waals surface area contributed by atoms with Gasteiger partial charge in [-0.1, -0.05) is 12.1 Å². The molecule has 0 radical (unpaired) electrons. The van der Waals surface area contributed by atoms with Gasteiger partial charge in [0.15, 0.2) is 5.13 Å². The molecule has 7 heteroatoms. The number of para-hydroxylation sites is 2. The Balaban J connectivity index is 1.41. The first-order valence-corrected chi connectivity index (χ1v) is 10.5. The summed E-state index contributed by atoms with van der Waals surface area (Å²) in [6.45, 7) is 2.79. The molecule has 0 bridgehead atoms. The van der Waals surface area contributed by atoms with Gasteiger partial charge in [-0.2, -0.15) is 0 Å². The molecule has 2 amide bonds. The van der Waals surface area contributed by atoms with Crippen LogP contribution in [-0.4, -0.2) is 36.4 Å². The van der Waals surface area contributed by atoms with E-state index >= 15 is 0 Å². The van der Waals surface area contributed by atoms with Crippen LogP contribution in [0.4, 0.5) is 16.5 Å². The van der Waals surface area contributed by atoms with E-state index in [1.807, 2.05) is 23.6 Å². The van der Waals surface area contributed by atoms with Crippen molar-refractivity contribution in [3.63, 3.8) is 0 Å². The van der Waals surface area contributed by atoms with E-state index in [1.165, 1.54) is 30.6 Å². The molecule has 2 saturated heterocycles. The van der Waals surface area contributed by atoms with Gasteiger partial charge in [0.2, 0.25) is 11.8 Å². The van der Waals surface area contributed by atoms with Crippen molar-refractivity contribution in [3.05, 3.63) is 35.3 Å². The predicted octanol–water partition coefficient (Wildman–Crippen LogP) is 3.44. The Morgan fingerprint density at radius 2 is 1.93 bits per heavy atom. The second-order valence-electron chi connectivity index (χ2n) is 7.06. The number of anilines is 3. The Labute approximate surface area is 163 Å². The molecule has 0 aliphatic carbocycles. The lowest BCUT2D eigenvalue weighted by molar-refractivity contribution is -0.117. The van der Waals surface area contributed by atoms with Crippen molar-refractivity contribution in [1.82, 2.24) is 4.98 Å². The van der Waals surface area contributed by atoms with Crippen LogP contribution in [-0.2, 0) is 16.0 Å². The Kier molecular flexibility index (Phi) is 5.38. The second kappa shape index (κ2) is 8.08. The lowest BCUT2D eigenvalue weighted by Gasteiger charge is -2.30. The third-order valence-electron chi connectivity index (χ3n) is 5.06. The minimum absolute atomic E-state index is 0.0796. The van der Waals surface area contributed by atoms with Crippen molar-refractivity contribution < 1.29 is 9.59 Å². The van der Waals surface area contributed by atoms with Crippen LogP contribution in [0.5, 0.6) is 0 Å². The van der Waals surface area contributed by atoms with Crippen LogP contribution < -0.4 is 15.1 Å². The largest absolute Gasteiger partial charge is 0.370 e. The first-order valence-electron chi connectivity index (χ1n) is 9.59. The lowest BCUT2D eigenvalue weighted by Crippen LogP contribution is -2.30. The number of nitrogens with zero attached hydrogens (tertiary/aromatic N) is 3. The summed E-state index contributed by atoms with van der Waals surface area (Å²) in [5.74, 6) is 0.0415. The van der Waals surface area contributed by atoms with Gasteiger partial charge in [-0.15, -0.1) is 11.3 Å². The fourth-order valence-corrected chi connectivity index (χ4v) is 4.57. The summed E-state index contributed by atoms with van der Waals surface area (Å²) in [7, 11) is 0. The maximum absolute atomic E-state index is 12.6. The maximum atomic E-state index is 12.6. The van der Waals surface area contributed by atoms with Gasteiger partial charge in [0.1, 0.15) is 0 Å². The molecule has 0 spiro atoms. The van der Waals surface area contributed by atoms with Gasteiger partial charge in [-0.25, -0.2) is 4.98 Å². The molecular weight excluding hydrogens is 360 g/mol. The summed E-state index contributed by atoms with van der Waals surface area (Å²) in [4.78, 5) is 33.0. The zero-order valence-corrected chi connectivity index (χ0v) is 16.1. The highest BCUT2D eigenvalue weighted by molar-refractivity contribution is 7.14. The molecule has 4 rings (SSSR count). The minimum atomic E-state index is -0.0796. The van der Waals surface area contributed by atoms with Gasteiger partial charge in [0, 0.05) is 31.4 Å². The van der Waals surface area contributed by atoms with Gasteiger partial charge in [0.05, 0.1) is 23.5 Å². The second-order valence-corrected chi connectivity index (χ2v) is 7.90. The van der Waals surface area contributed by atoms with Crippen LogP contribution in [0, 0.1) is 0 Å². The van der Waals surface area contributed by atoms with Crippen molar-refractivity contribution in [2.45, 2.75) is 38.5 Å². The molecule has 0 saturated carbocycles. The smallest absolute Gasteiger partial charge is 0.230 e. The molecule has 2 aliphatic rings. The third kappa shape index (κ3) is 4.13. The summed E-state index contributed by atoms with van der Waals surface area (Å²) in [5, 5.41) is 5.62. The van der Waals surface area contributed by atoms with E-state index in [-0.39, 0.29) is 18.2 Å². The average molecular weight is 385 g/mol. The van der Waals surface area contributed by atoms with Gasteiger partial charge in [0.25, 0.3) is 0 Å². The number of rotatable bonds is 5. The number of amides is 2. The molecule has 0 atom stereocenters. The van der Waals surface area contributed by atoms with E-state index in [1.54, 1.807) is 4.90 Å². The van der Waals surface area contributed by atoms with Gasteiger partial charge < -0.3 is 10.2 Å². The number of hydrogen-bond donors (Lipinski definition) is 1. The standard InChI is InChI=1S/C20H24N4O2S/c25-18(13-15-14-27-20(21-15)24-12-6-9-19(24)26)22-16-7-2-3-8-17(16)23-10-4-1-5-11-23/h2-3,7-8,14H,1,4-6,9-13H2,(H,22,25). The maximum Gasteiger partial charge on any atom is 0.230 e. The van der Waals surface area contributed by atoms with E-state index in [0.29, 0.717) is 17.2 Å². The number of benzene rings is 1. The number of thiazole rings is 1. The van der Waals surface area contributed by atoms with E-state index in [0.717, 1.165) is 37.4 Å². The number of carbonyl (C=O) groups excluding carboxylic acids is 2. The predicted molar refractivity (Wildman–Crippen MR) is 109 cm³/mol. The lowest BCUT2D eigenvalue weighted by atomic mass is 10.1. The molecule has 6 nitrogen and oxygen atoms in total. The molecule has 1 aromatic heterocycles. The Bertz CT molecular complexity index is 829. The SMILES string of the molecule is O=C(Cc1csc(N2CCCC2=O)n1)Nc1ccccc1N1CCCCC1. The summed E-state index contributed by atoms with van der Waals surface area (Å²) in [5.41, 5.74) is 2.66. The highest BCUT2D eigenvalue weighted by Crippen LogP contribution is 2.29. The van der Waals surface area contributed by atoms with Crippen LogP contribution in [0.1, 0.15) is 37.8 Å². The molecule has 2 aliphatic heterocycles. The van der Waals surface area contributed by atoms with E-state index in [9.17, 15) is 9.59 Å². The molecule has 3 heterocycles. The number of carbonyl (C=O) groups is 2. The molecule has 2 fully saturated rings. The number of piperidine rings is 1. The van der Waals surface area contributed by atoms with E-state index in [2.05, 4.69) is 21.3 Å². The van der Waals surface area contributed by atoms with Crippen molar-refractivity contribution in [3.8, 4) is 0 Å². The molecule has 1 aromatic carbocycles. The quantitative estimate of drug-likeness (QED) is 0.858. The topological polar surface area (TPSA) is 65.5 Å². The normalized spacial score (nSPS) is 17.4. The molecule has 0 unspecified atom stereocenters. The number of hydrogen-bond acceptors (Lipinski definition) is 5. The Morgan fingerprint density at radius 1 is 1.11 bits per heavy atom. The van der Waals surface area contributed by atoms with Crippen molar-refractivity contribution in [2.75, 3.05) is 34.8 Å². The van der Waals surface area contributed by atoms with Crippen molar-refractivity contribution in [2.24, 2.45) is 0 Å². The van der Waals surface area contributed by atoms with Crippen LogP contribution in [0.15, 0.2) is 29.6 Å². The van der Waals surface area contributed by atoms with E-state index in [4.69, 9.17) is 0 Å². The molecule has 142 valence electrons. The Hall–Kier alpha value is -2.41.